The first-order valence-electron chi connectivity index (χ1n) is 5.34. The highest BCUT2D eigenvalue weighted by Crippen LogP contribution is 2.26. The number of nitrogens with two attached hydrogens (primary N) is 1. The maximum absolute atomic E-state index is 12.2. The van der Waals surface area contributed by atoms with Gasteiger partial charge < -0.3 is 10.3 Å². The van der Waals surface area contributed by atoms with E-state index in [1.165, 1.54) is 12.3 Å². The number of aryl methyl sites for hydroxylation is 1. The number of benzene rings is 1. The normalized spacial score (nSPS) is 11.7. The first kappa shape index (κ1) is 14.0. The van der Waals surface area contributed by atoms with Gasteiger partial charge in [-0.15, -0.1) is 0 Å². The van der Waals surface area contributed by atoms with Crippen molar-refractivity contribution < 1.29 is 12.9 Å². The molecule has 0 aliphatic rings. The van der Waals surface area contributed by atoms with Gasteiger partial charge in [0.05, 0.1) is 17.1 Å². The van der Waals surface area contributed by atoms with Gasteiger partial charge in [-0.3, -0.25) is 0 Å². The Morgan fingerprint density at radius 1 is 1.47 bits per heavy atom. The van der Waals surface area contributed by atoms with E-state index < -0.39 is 10.0 Å². The van der Waals surface area contributed by atoms with Crippen LogP contribution in [0.2, 0.25) is 0 Å². The minimum Gasteiger partial charge on any atom is -0.398 e. The van der Waals surface area contributed by atoms with Gasteiger partial charge in [0.2, 0.25) is 10.0 Å². The van der Waals surface area contributed by atoms with E-state index in [-0.39, 0.29) is 11.4 Å². The van der Waals surface area contributed by atoms with Gasteiger partial charge in [-0.2, -0.15) is 0 Å². The first-order valence-corrected chi connectivity index (χ1v) is 7.62. The Balaban J connectivity index is 2.27. The third kappa shape index (κ3) is 3.14. The number of hydrogen-bond donors (Lipinski definition) is 2. The third-order valence-corrected chi connectivity index (χ3v) is 4.75. The fourth-order valence-electron chi connectivity index (χ4n) is 1.53. The van der Waals surface area contributed by atoms with Crippen molar-refractivity contribution in [1.29, 1.82) is 0 Å². The van der Waals surface area contributed by atoms with Crippen LogP contribution in [0, 0.1) is 6.92 Å². The second-order valence-electron chi connectivity index (χ2n) is 3.95. The fourth-order valence-corrected chi connectivity index (χ4v) is 3.25. The minimum absolute atomic E-state index is 0.0637. The molecule has 0 aliphatic heterocycles. The molecule has 1 aromatic carbocycles. The highest BCUT2D eigenvalue weighted by molar-refractivity contribution is 9.10. The second-order valence-corrected chi connectivity index (χ2v) is 6.54. The highest BCUT2D eigenvalue weighted by Gasteiger charge is 2.18. The number of hydrogen-bond acceptors (Lipinski definition) is 5. The molecular weight excluding hydrogens is 334 g/mol. The maximum Gasteiger partial charge on any atom is 0.241 e. The molecule has 6 nitrogen and oxygen atoms in total. The molecule has 0 atom stereocenters. The van der Waals surface area contributed by atoms with Gasteiger partial charge in [-0.05, 0) is 40.5 Å². The van der Waals surface area contributed by atoms with E-state index in [0.29, 0.717) is 21.4 Å². The quantitative estimate of drug-likeness (QED) is 0.823. The van der Waals surface area contributed by atoms with Gasteiger partial charge >= 0.3 is 0 Å². The molecule has 0 spiro atoms. The Morgan fingerprint density at radius 2 is 2.21 bits per heavy atom. The lowest BCUT2D eigenvalue weighted by Gasteiger charge is -2.10. The molecule has 3 N–H and O–H groups in total. The van der Waals surface area contributed by atoms with E-state index in [0.717, 1.165) is 0 Å². The molecule has 1 heterocycles. The molecule has 1 aromatic heterocycles. The fraction of sp³-hybridized carbons (Fsp3) is 0.182. The van der Waals surface area contributed by atoms with Crippen molar-refractivity contribution in [2.24, 2.45) is 0 Å². The summed E-state index contributed by atoms with van der Waals surface area (Å²) in [6.07, 6.45) is 1.38. The maximum atomic E-state index is 12.2. The van der Waals surface area contributed by atoms with Crippen LogP contribution in [-0.4, -0.2) is 13.6 Å². The van der Waals surface area contributed by atoms with E-state index >= 15 is 0 Å². The Kier molecular flexibility index (Phi) is 3.93. The number of aromatic nitrogens is 1. The van der Waals surface area contributed by atoms with Crippen LogP contribution >= 0.6 is 15.9 Å². The molecule has 102 valence electrons. The molecule has 8 heteroatoms. The summed E-state index contributed by atoms with van der Waals surface area (Å²) >= 11 is 3.25. The molecule has 0 radical (unpaired) electrons. The van der Waals surface area contributed by atoms with Crippen LogP contribution in [0.5, 0.6) is 0 Å². The largest absolute Gasteiger partial charge is 0.398 e. The Bertz CT molecular complexity index is 683. The van der Waals surface area contributed by atoms with Crippen molar-refractivity contribution in [2.75, 3.05) is 5.73 Å². The van der Waals surface area contributed by atoms with Crippen LogP contribution in [-0.2, 0) is 16.6 Å². The van der Waals surface area contributed by atoms with Gasteiger partial charge in [0.25, 0.3) is 0 Å². The number of anilines is 1. The first-order chi connectivity index (χ1) is 8.90. The summed E-state index contributed by atoms with van der Waals surface area (Å²) in [5.41, 5.74) is 7.19. The van der Waals surface area contributed by atoms with Crippen LogP contribution in [0.25, 0.3) is 0 Å². The summed E-state index contributed by atoms with van der Waals surface area (Å²) in [7, 11) is -3.64. The van der Waals surface area contributed by atoms with Crippen molar-refractivity contribution in [3.8, 4) is 0 Å². The van der Waals surface area contributed by atoms with Gasteiger partial charge in [-0.1, -0.05) is 5.16 Å². The van der Waals surface area contributed by atoms with Gasteiger partial charge in [0.1, 0.15) is 6.26 Å². The van der Waals surface area contributed by atoms with Crippen LogP contribution in [0.15, 0.2) is 38.4 Å². The van der Waals surface area contributed by atoms with Gasteiger partial charge in [0.15, 0.2) is 0 Å². The number of nitrogen functional groups attached to an aromatic ring is 1. The molecule has 0 saturated heterocycles. The predicted octanol–water partition coefficient (Wildman–Crippen LogP) is 1.81. The van der Waals surface area contributed by atoms with Crippen LogP contribution in [0.1, 0.15) is 11.3 Å². The highest BCUT2D eigenvalue weighted by atomic mass is 79.9. The van der Waals surface area contributed by atoms with Crippen molar-refractivity contribution in [3.05, 3.63) is 40.2 Å². The molecule has 0 amide bonds. The van der Waals surface area contributed by atoms with Gasteiger partial charge in [0, 0.05) is 16.2 Å². The Hall–Kier alpha value is -1.38. The topological polar surface area (TPSA) is 98.2 Å². The van der Waals surface area contributed by atoms with Crippen molar-refractivity contribution in [3.63, 3.8) is 0 Å². The number of nitrogens with zero attached hydrogens (tertiary/aromatic N) is 1. The van der Waals surface area contributed by atoms with E-state index in [4.69, 9.17) is 5.73 Å². The molecule has 19 heavy (non-hydrogen) atoms. The molecule has 0 aliphatic carbocycles. The summed E-state index contributed by atoms with van der Waals surface area (Å²) in [5, 5.41) is 3.63. The number of rotatable bonds is 4. The average molecular weight is 346 g/mol. The number of nitrogens with one attached hydrogen (secondary N) is 1. The number of sulfonamides is 1. The van der Waals surface area contributed by atoms with Crippen molar-refractivity contribution >= 4 is 31.6 Å². The zero-order chi connectivity index (χ0) is 14.0. The molecule has 0 saturated carbocycles. The Morgan fingerprint density at radius 3 is 2.84 bits per heavy atom. The summed E-state index contributed by atoms with van der Waals surface area (Å²) in [6.45, 7) is 1.77. The third-order valence-electron chi connectivity index (χ3n) is 2.52. The lowest BCUT2D eigenvalue weighted by atomic mass is 10.2. The van der Waals surface area contributed by atoms with Crippen molar-refractivity contribution in [1.82, 2.24) is 9.88 Å². The van der Waals surface area contributed by atoms with E-state index in [1.807, 2.05) is 0 Å². The van der Waals surface area contributed by atoms with Crippen LogP contribution in [0.4, 0.5) is 5.69 Å². The zero-order valence-corrected chi connectivity index (χ0v) is 12.5. The summed E-state index contributed by atoms with van der Waals surface area (Å²) in [6, 6.07) is 4.68. The molecule has 0 unspecified atom stereocenters. The molecule has 0 fully saturated rings. The standard InChI is InChI=1S/C11H12BrN3O3S/c1-7-4-9(12)10(13)5-11(7)19(16,17)14-6-8-2-3-18-15-8/h2-5,14H,6,13H2,1H3. The van der Waals surface area contributed by atoms with Crippen LogP contribution in [0.3, 0.4) is 0 Å². The predicted molar refractivity (Wildman–Crippen MR) is 73.8 cm³/mol. The zero-order valence-electron chi connectivity index (χ0n) is 10.1. The minimum atomic E-state index is -3.64. The monoisotopic (exact) mass is 345 g/mol. The van der Waals surface area contributed by atoms with E-state index in [2.05, 4.69) is 30.3 Å². The smallest absolute Gasteiger partial charge is 0.241 e. The Labute approximate surface area is 119 Å². The summed E-state index contributed by atoms with van der Waals surface area (Å²) in [5.74, 6) is 0. The molecule has 0 bridgehead atoms. The lowest BCUT2D eigenvalue weighted by Crippen LogP contribution is -2.24. The van der Waals surface area contributed by atoms with Gasteiger partial charge in [-0.25, -0.2) is 13.1 Å². The van der Waals surface area contributed by atoms with E-state index in [1.54, 1.807) is 19.1 Å². The van der Waals surface area contributed by atoms with Crippen LogP contribution < -0.4 is 10.5 Å². The average Bonchev–Trinajstić information content (AvgIpc) is 2.84. The van der Waals surface area contributed by atoms with Crippen molar-refractivity contribution in [2.45, 2.75) is 18.4 Å². The lowest BCUT2D eigenvalue weighted by molar-refractivity contribution is 0.411. The molecule has 2 aromatic rings. The molecule has 2 rings (SSSR count). The summed E-state index contributed by atoms with van der Waals surface area (Å²) < 4.78 is 32.1. The van der Waals surface area contributed by atoms with E-state index in [9.17, 15) is 8.42 Å². The number of halogens is 1. The summed E-state index contributed by atoms with van der Waals surface area (Å²) in [4.78, 5) is 0.150. The molecular formula is C11H12BrN3O3S. The second kappa shape index (κ2) is 5.32. The SMILES string of the molecule is Cc1cc(Br)c(N)cc1S(=O)(=O)NCc1ccon1.